The van der Waals surface area contributed by atoms with Crippen LogP contribution in [0.1, 0.15) is 46.0 Å². The van der Waals surface area contributed by atoms with Crippen LogP contribution in [0.3, 0.4) is 0 Å². The molecule has 1 heterocycles. The number of sulfonamides is 1. The summed E-state index contributed by atoms with van der Waals surface area (Å²) in [5.74, 6) is -0.0261. The largest absolute Gasteiger partial charge is 0.339 e. The van der Waals surface area contributed by atoms with Crippen molar-refractivity contribution in [2.24, 2.45) is 0 Å². The third kappa shape index (κ3) is 4.45. The highest BCUT2D eigenvalue weighted by Crippen LogP contribution is 2.19. The Morgan fingerprint density at radius 2 is 1.95 bits per heavy atom. The fourth-order valence-electron chi connectivity index (χ4n) is 2.53. The molecule has 1 amide bonds. The number of hydrogen-bond donors (Lipinski definition) is 0. The maximum absolute atomic E-state index is 12.3. The number of carbonyl (C=O) groups excluding carboxylic acids is 1. The van der Waals surface area contributed by atoms with Gasteiger partial charge in [0.2, 0.25) is 15.9 Å². The predicted molar refractivity (Wildman–Crippen MR) is 76.4 cm³/mol. The zero-order chi connectivity index (χ0) is 14.5. The van der Waals surface area contributed by atoms with Crippen LogP contribution in [0.25, 0.3) is 0 Å². The molecule has 0 aromatic carbocycles. The summed E-state index contributed by atoms with van der Waals surface area (Å²) in [7, 11) is -1.80. The number of hydrogen-bond acceptors (Lipinski definition) is 3. The first-order valence-corrected chi connectivity index (χ1v) is 8.76. The quantitative estimate of drug-likeness (QED) is 0.770. The molecule has 0 aromatic heterocycles. The molecular weight excluding hydrogens is 264 g/mol. The zero-order valence-corrected chi connectivity index (χ0v) is 13.1. The van der Waals surface area contributed by atoms with Gasteiger partial charge in [0.1, 0.15) is 0 Å². The van der Waals surface area contributed by atoms with E-state index < -0.39 is 10.0 Å². The average Bonchev–Trinajstić information content (AvgIpc) is 2.63. The summed E-state index contributed by atoms with van der Waals surface area (Å²) in [4.78, 5) is 14.2. The Morgan fingerprint density at radius 1 is 1.26 bits per heavy atom. The van der Waals surface area contributed by atoms with Crippen molar-refractivity contribution in [1.29, 1.82) is 0 Å². The maximum atomic E-state index is 12.3. The van der Waals surface area contributed by atoms with Crippen molar-refractivity contribution in [2.45, 2.75) is 52.0 Å². The zero-order valence-electron chi connectivity index (χ0n) is 12.3. The van der Waals surface area contributed by atoms with Crippen molar-refractivity contribution in [3.05, 3.63) is 0 Å². The lowest BCUT2D eigenvalue weighted by Crippen LogP contribution is -2.46. The number of rotatable bonds is 5. The first-order chi connectivity index (χ1) is 8.92. The Morgan fingerprint density at radius 3 is 2.53 bits per heavy atom. The third-order valence-corrected chi connectivity index (χ3v) is 5.67. The Labute approximate surface area is 117 Å². The van der Waals surface area contributed by atoms with E-state index in [9.17, 15) is 13.2 Å². The standard InChI is InChI=1S/C13H26N2O3S/c1-4-12-9-7-6-8-10-15(12)13(16)11-14(3)19(17,18)5-2/h12H,4-11H2,1-3H3/t12-/m0/s1. The monoisotopic (exact) mass is 290 g/mol. The van der Waals surface area contributed by atoms with Crippen LogP contribution in [0.15, 0.2) is 0 Å². The van der Waals surface area contributed by atoms with Crippen LogP contribution < -0.4 is 0 Å². The molecule has 0 spiro atoms. The van der Waals surface area contributed by atoms with Gasteiger partial charge in [-0.2, -0.15) is 4.31 Å². The maximum Gasteiger partial charge on any atom is 0.238 e. The first-order valence-electron chi connectivity index (χ1n) is 7.15. The lowest BCUT2D eigenvalue weighted by molar-refractivity contribution is -0.133. The smallest absolute Gasteiger partial charge is 0.238 e. The minimum absolute atomic E-state index is 0.0350. The van der Waals surface area contributed by atoms with Gasteiger partial charge in [0.05, 0.1) is 12.3 Å². The number of amides is 1. The van der Waals surface area contributed by atoms with E-state index >= 15 is 0 Å². The summed E-state index contributed by atoms with van der Waals surface area (Å²) in [6.07, 6.45) is 5.31. The molecule has 1 aliphatic rings. The molecule has 5 nitrogen and oxygen atoms in total. The van der Waals surface area contributed by atoms with Crippen LogP contribution in [0.5, 0.6) is 0 Å². The van der Waals surface area contributed by atoms with Crippen molar-refractivity contribution in [3.8, 4) is 0 Å². The Hall–Kier alpha value is -0.620. The molecular formula is C13H26N2O3S. The fraction of sp³-hybridized carbons (Fsp3) is 0.923. The molecule has 1 rings (SSSR count). The topological polar surface area (TPSA) is 57.7 Å². The number of likely N-dealkylation sites (N-methyl/N-ethyl adjacent to an activating group) is 1. The summed E-state index contributed by atoms with van der Waals surface area (Å²) in [5.41, 5.74) is 0. The van der Waals surface area contributed by atoms with Gasteiger partial charge >= 0.3 is 0 Å². The van der Waals surface area contributed by atoms with Crippen molar-refractivity contribution < 1.29 is 13.2 Å². The second-order valence-corrected chi connectivity index (χ2v) is 7.52. The lowest BCUT2D eigenvalue weighted by Gasteiger charge is -2.30. The summed E-state index contributed by atoms with van der Waals surface area (Å²) >= 11 is 0. The number of likely N-dealkylation sites (tertiary alicyclic amines) is 1. The van der Waals surface area contributed by atoms with Gasteiger partial charge in [-0.15, -0.1) is 0 Å². The van der Waals surface area contributed by atoms with E-state index in [0.29, 0.717) is 0 Å². The minimum Gasteiger partial charge on any atom is -0.339 e. The van der Waals surface area contributed by atoms with Gasteiger partial charge in [0.25, 0.3) is 0 Å². The first kappa shape index (κ1) is 16.4. The van der Waals surface area contributed by atoms with Gasteiger partial charge in [-0.05, 0) is 26.2 Å². The lowest BCUT2D eigenvalue weighted by atomic mass is 10.1. The van der Waals surface area contributed by atoms with E-state index in [1.54, 1.807) is 6.92 Å². The van der Waals surface area contributed by atoms with Crippen molar-refractivity contribution in [1.82, 2.24) is 9.21 Å². The highest BCUT2D eigenvalue weighted by atomic mass is 32.2. The van der Waals surface area contributed by atoms with Gasteiger partial charge in [-0.1, -0.05) is 19.8 Å². The molecule has 6 heteroatoms. The van der Waals surface area contributed by atoms with E-state index in [-0.39, 0.29) is 24.2 Å². The molecule has 0 saturated carbocycles. The van der Waals surface area contributed by atoms with E-state index in [1.165, 1.54) is 11.4 Å². The van der Waals surface area contributed by atoms with Gasteiger partial charge < -0.3 is 4.90 Å². The van der Waals surface area contributed by atoms with Crippen molar-refractivity contribution in [2.75, 3.05) is 25.9 Å². The molecule has 0 aromatic rings. The molecule has 1 atom stereocenters. The summed E-state index contributed by atoms with van der Waals surface area (Å²) < 4.78 is 24.6. The normalized spacial score (nSPS) is 21.5. The molecule has 112 valence electrons. The van der Waals surface area contributed by atoms with Crippen LogP contribution >= 0.6 is 0 Å². The molecule has 0 bridgehead atoms. The number of carbonyl (C=O) groups is 1. The van der Waals surface area contributed by atoms with Crippen LogP contribution in [0, 0.1) is 0 Å². The van der Waals surface area contributed by atoms with Gasteiger partial charge in [0.15, 0.2) is 0 Å². The molecule has 0 radical (unpaired) electrons. The Kier molecular flexibility index (Phi) is 6.26. The second-order valence-electron chi connectivity index (χ2n) is 5.16. The van der Waals surface area contributed by atoms with Crippen LogP contribution in [-0.4, -0.2) is 55.5 Å². The summed E-state index contributed by atoms with van der Waals surface area (Å²) in [5, 5.41) is 0. The minimum atomic E-state index is -3.28. The Bertz CT molecular complexity index is 395. The highest BCUT2D eigenvalue weighted by Gasteiger charge is 2.27. The van der Waals surface area contributed by atoms with Gasteiger partial charge in [-0.25, -0.2) is 8.42 Å². The third-order valence-electron chi connectivity index (χ3n) is 3.87. The molecule has 0 unspecified atom stereocenters. The summed E-state index contributed by atoms with van der Waals surface area (Å²) in [6.45, 7) is 4.41. The van der Waals surface area contributed by atoms with E-state index in [4.69, 9.17) is 0 Å². The number of nitrogens with zero attached hydrogens (tertiary/aromatic N) is 2. The average molecular weight is 290 g/mol. The molecule has 1 saturated heterocycles. The fourth-order valence-corrected chi connectivity index (χ4v) is 3.28. The van der Waals surface area contributed by atoms with E-state index in [1.807, 2.05) is 4.90 Å². The molecule has 0 aliphatic carbocycles. The molecule has 1 aliphatic heterocycles. The van der Waals surface area contributed by atoms with E-state index in [0.717, 1.165) is 38.6 Å². The SMILES string of the molecule is CC[C@H]1CCCCCN1C(=O)CN(C)S(=O)(=O)CC. The van der Waals surface area contributed by atoms with Crippen LogP contribution in [0.2, 0.25) is 0 Å². The van der Waals surface area contributed by atoms with Crippen LogP contribution in [-0.2, 0) is 14.8 Å². The predicted octanol–water partition coefficient (Wildman–Crippen LogP) is 1.45. The second kappa shape index (κ2) is 7.24. The molecule has 1 fully saturated rings. The van der Waals surface area contributed by atoms with Gasteiger partial charge in [0, 0.05) is 19.6 Å². The van der Waals surface area contributed by atoms with Gasteiger partial charge in [-0.3, -0.25) is 4.79 Å². The highest BCUT2D eigenvalue weighted by molar-refractivity contribution is 7.89. The Balaban J connectivity index is 2.69. The van der Waals surface area contributed by atoms with E-state index in [2.05, 4.69) is 6.92 Å². The summed E-state index contributed by atoms with van der Waals surface area (Å²) in [6, 6.07) is 0.271. The van der Waals surface area contributed by atoms with Crippen LogP contribution in [0.4, 0.5) is 0 Å². The molecule has 19 heavy (non-hydrogen) atoms. The molecule has 0 N–H and O–H groups in total. The van der Waals surface area contributed by atoms with Crippen molar-refractivity contribution in [3.63, 3.8) is 0 Å². The van der Waals surface area contributed by atoms with Crippen molar-refractivity contribution >= 4 is 15.9 Å².